The minimum atomic E-state index is -0.639. The zero-order valence-electron chi connectivity index (χ0n) is 10.9. The fourth-order valence-corrected chi connectivity index (χ4v) is 1.33. The second kappa shape index (κ2) is 11.5. The average Bonchev–Trinajstić information content (AvgIpc) is 2.31. The number of allylic oxidation sites excluding steroid dienone is 1. The van der Waals surface area contributed by atoms with Gasteiger partial charge < -0.3 is 14.6 Å². The van der Waals surface area contributed by atoms with Crippen LogP contribution in [0.5, 0.6) is 0 Å². The summed E-state index contributed by atoms with van der Waals surface area (Å²) in [4.78, 5) is 10.8. The molecule has 0 aromatic heterocycles. The molecule has 0 aliphatic rings. The highest BCUT2D eigenvalue weighted by Crippen LogP contribution is 2.06. The molecule has 0 aromatic rings. The van der Waals surface area contributed by atoms with E-state index in [9.17, 15) is 9.90 Å². The molecule has 100 valence electrons. The van der Waals surface area contributed by atoms with Crippen molar-refractivity contribution in [2.24, 2.45) is 0 Å². The van der Waals surface area contributed by atoms with Crippen molar-refractivity contribution in [3.63, 3.8) is 0 Å². The molecule has 0 heterocycles. The van der Waals surface area contributed by atoms with Gasteiger partial charge in [0.2, 0.25) is 0 Å². The van der Waals surface area contributed by atoms with Crippen LogP contribution in [0.2, 0.25) is 0 Å². The van der Waals surface area contributed by atoms with Gasteiger partial charge in [-0.2, -0.15) is 0 Å². The van der Waals surface area contributed by atoms with E-state index in [1.54, 1.807) is 13.0 Å². The zero-order chi connectivity index (χ0) is 12.9. The fourth-order valence-electron chi connectivity index (χ4n) is 1.33. The highest BCUT2D eigenvalue weighted by molar-refractivity contribution is 5.59. The highest BCUT2D eigenvalue weighted by Gasteiger charge is 2.01. The first-order chi connectivity index (χ1) is 8.20. The standard InChI is InChI=1S/C13H24O4/c1-3-5-9-12(14)10-7-6-8-11-17-13(15)16-4-2/h6,8,12,14H,3-5,7,9-11H2,1-2H3/b8-6+. The Morgan fingerprint density at radius 2 is 2.00 bits per heavy atom. The lowest BCUT2D eigenvalue weighted by atomic mass is 10.1. The summed E-state index contributed by atoms with van der Waals surface area (Å²) in [5.41, 5.74) is 0. The second-order valence-electron chi connectivity index (χ2n) is 3.84. The topological polar surface area (TPSA) is 55.8 Å². The molecule has 0 rings (SSSR count). The quantitative estimate of drug-likeness (QED) is 0.500. The molecule has 0 fully saturated rings. The van der Waals surface area contributed by atoms with Crippen molar-refractivity contribution >= 4 is 6.16 Å². The number of carbonyl (C=O) groups excluding carboxylic acids is 1. The number of hydrogen-bond donors (Lipinski definition) is 1. The van der Waals surface area contributed by atoms with Gasteiger partial charge in [-0.25, -0.2) is 4.79 Å². The van der Waals surface area contributed by atoms with Gasteiger partial charge in [0.15, 0.2) is 0 Å². The molecule has 0 spiro atoms. The Morgan fingerprint density at radius 1 is 1.24 bits per heavy atom. The van der Waals surface area contributed by atoms with Crippen LogP contribution in [0, 0.1) is 0 Å². The predicted octanol–water partition coefficient (Wildman–Crippen LogP) is 3.05. The van der Waals surface area contributed by atoms with Gasteiger partial charge in [0.1, 0.15) is 6.61 Å². The first kappa shape index (κ1) is 16.0. The number of hydrogen-bond acceptors (Lipinski definition) is 4. The van der Waals surface area contributed by atoms with E-state index in [1.807, 2.05) is 6.08 Å². The van der Waals surface area contributed by atoms with Crippen LogP contribution < -0.4 is 0 Å². The van der Waals surface area contributed by atoms with E-state index in [2.05, 4.69) is 11.7 Å². The van der Waals surface area contributed by atoms with E-state index < -0.39 is 6.16 Å². The van der Waals surface area contributed by atoms with Crippen LogP contribution >= 0.6 is 0 Å². The monoisotopic (exact) mass is 244 g/mol. The summed E-state index contributed by atoms with van der Waals surface area (Å²) in [5.74, 6) is 0. The molecule has 4 heteroatoms. The summed E-state index contributed by atoms with van der Waals surface area (Å²) in [5, 5.41) is 9.56. The van der Waals surface area contributed by atoms with Gasteiger partial charge in [-0.3, -0.25) is 0 Å². The van der Waals surface area contributed by atoms with E-state index in [4.69, 9.17) is 4.74 Å². The van der Waals surface area contributed by atoms with Gasteiger partial charge >= 0.3 is 6.16 Å². The molecule has 0 aliphatic carbocycles. The second-order valence-corrected chi connectivity index (χ2v) is 3.84. The number of aliphatic hydroxyl groups is 1. The molecule has 0 bridgehead atoms. The molecule has 0 amide bonds. The average molecular weight is 244 g/mol. The van der Waals surface area contributed by atoms with E-state index >= 15 is 0 Å². The van der Waals surface area contributed by atoms with Crippen molar-refractivity contribution in [2.45, 2.75) is 52.1 Å². The lowest BCUT2D eigenvalue weighted by molar-refractivity contribution is 0.0672. The maximum Gasteiger partial charge on any atom is 0.508 e. The Morgan fingerprint density at radius 3 is 2.65 bits per heavy atom. The Bertz CT molecular complexity index is 213. The number of carbonyl (C=O) groups is 1. The SMILES string of the molecule is CCCCC(O)CC/C=C/COC(=O)OCC. The van der Waals surface area contributed by atoms with Crippen LogP contribution in [0.1, 0.15) is 46.0 Å². The van der Waals surface area contributed by atoms with Gasteiger partial charge in [0.05, 0.1) is 12.7 Å². The first-order valence-corrected chi connectivity index (χ1v) is 6.33. The Labute approximate surface area is 104 Å². The molecule has 0 saturated carbocycles. The van der Waals surface area contributed by atoms with Crippen LogP contribution in [0.25, 0.3) is 0 Å². The summed E-state index contributed by atoms with van der Waals surface area (Å²) in [6.07, 6.45) is 7.43. The molecule has 0 saturated heterocycles. The molecule has 0 radical (unpaired) electrons. The molecule has 1 unspecified atom stereocenters. The van der Waals surface area contributed by atoms with Crippen LogP contribution in [-0.2, 0) is 9.47 Å². The molecule has 0 aromatic carbocycles. The highest BCUT2D eigenvalue weighted by atomic mass is 16.7. The van der Waals surface area contributed by atoms with Crippen molar-refractivity contribution in [1.29, 1.82) is 0 Å². The number of rotatable bonds is 9. The van der Waals surface area contributed by atoms with Gasteiger partial charge in [0.25, 0.3) is 0 Å². The maximum atomic E-state index is 10.8. The molecule has 4 nitrogen and oxygen atoms in total. The number of ether oxygens (including phenoxy) is 2. The lowest BCUT2D eigenvalue weighted by Gasteiger charge is -2.07. The molecule has 1 N–H and O–H groups in total. The number of unbranched alkanes of at least 4 members (excludes halogenated alkanes) is 1. The third kappa shape index (κ3) is 11.2. The fraction of sp³-hybridized carbons (Fsp3) is 0.769. The largest absolute Gasteiger partial charge is 0.508 e. The summed E-state index contributed by atoms with van der Waals surface area (Å²) in [6.45, 7) is 4.39. The molecular weight excluding hydrogens is 220 g/mol. The van der Waals surface area contributed by atoms with Crippen LogP contribution in [0.15, 0.2) is 12.2 Å². The van der Waals surface area contributed by atoms with E-state index in [-0.39, 0.29) is 12.7 Å². The van der Waals surface area contributed by atoms with Crippen molar-refractivity contribution in [1.82, 2.24) is 0 Å². The Kier molecular flexibility index (Phi) is 10.8. The van der Waals surface area contributed by atoms with Gasteiger partial charge in [-0.05, 0) is 26.2 Å². The normalized spacial score (nSPS) is 12.6. The van der Waals surface area contributed by atoms with Crippen LogP contribution in [0.4, 0.5) is 4.79 Å². The van der Waals surface area contributed by atoms with E-state index in [1.165, 1.54) is 0 Å². The van der Waals surface area contributed by atoms with Crippen LogP contribution in [0.3, 0.4) is 0 Å². The summed E-state index contributed by atoms with van der Waals surface area (Å²) in [7, 11) is 0. The van der Waals surface area contributed by atoms with Gasteiger partial charge in [-0.15, -0.1) is 0 Å². The minimum Gasteiger partial charge on any atom is -0.435 e. The molecular formula is C13H24O4. The third-order valence-electron chi connectivity index (χ3n) is 2.28. The molecule has 1 atom stereocenters. The summed E-state index contributed by atoms with van der Waals surface area (Å²) in [6, 6.07) is 0. The van der Waals surface area contributed by atoms with E-state index in [0.717, 1.165) is 32.1 Å². The minimum absolute atomic E-state index is 0.217. The third-order valence-corrected chi connectivity index (χ3v) is 2.28. The van der Waals surface area contributed by atoms with Crippen LogP contribution in [-0.4, -0.2) is 30.6 Å². The Hall–Kier alpha value is -1.03. The predicted molar refractivity (Wildman–Crippen MR) is 66.9 cm³/mol. The van der Waals surface area contributed by atoms with E-state index in [0.29, 0.717) is 6.61 Å². The van der Waals surface area contributed by atoms with Crippen molar-refractivity contribution in [2.75, 3.05) is 13.2 Å². The van der Waals surface area contributed by atoms with Crippen molar-refractivity contribution in [3.05, 3.63) is 12.2 Å². The lowest BCUT2D eigenvalue weighted by Crippen LogP contribution is -2.07. The van der Waals surface area contributed by atoms with Gasteiger partial charge in [-0.1, -0.05) is 31.9 Å². The van der Waals surface area contributed by atoms with Crippen molar-refractivity contribution in [3.8, 4) is 0 Å². The maximum absolute atomic E-state index is 10.8. The first-order valence-electron chi connectivity index (χ1n) is 6.33. The van der Waals surface area contributed by atoms with Crippen molar-refractivity contribution < 1.29 is 19.4 Å². The molecule has 17 heavy (non-hydrogen) atoms. The summed E-state index contributed by atoms with van der Waals surface area (Å²) < 4.78 is 9.34. The Balaban J connectivity index is 3.38. The number of aliphatic hydroxyl groups excluding tert-OH is 1. The summed E-state index contributed by atoms with van der Waals surface area (Å²) >= 11 is 0. The van der Waals surface area contributed by atoms with Gasteiger partial charge in [0, 0.05) is 0 Å². The zero-order valence-corrected chi connectivity index (χ0v) is 10.9. The molecule has 0 aliphatic heterocycles. The smallest absolute Gasteiger partial charge is 0.435 e.